The molecule has 1 rings (SSSR count). The molecule has 0 aromatic rings. The number of rotatable bonds is 15. The number of aliphatic hydroxyl groups excluding tert-OH is 3. The maximum absolute atomic E-state index is 11.7. The molecule has 33 heavy (non-hydrogen) atoms. The molecule has 0 bridgehead atoms. The Kier molecular flexibility index (Phi) is 13.7. The minimum absolute atomic E-state index is 0.00972. The van der Waals surface area contributed by atoms with Gasteiger partial charge in [-0.1, -0.05) is 0 Å². The zero-order valence-corrected chi connectivity index (χ0v) is 19.0. The lowest BCUT2D eigenvalue weighted by Crippen LogP contribution is -2.64. The van der Waals surface area contributed by atoms with Crippen molar-refractivity contribution in [1.82, 2.24) is 16.0 Å². The van der Waals surface area contributed by atoms with E-state index in [1.54, 1.807) is 0 Å². The molecule has 190 valence electrons. The molecular weight excluding hydrogens is 442 g/mol. The van der Waals surface area contributed by atoms with Crippen molar-refractivity contribution in [3.63, 3.8) is 0 Å². The standard InChI is InChI=1S/C20H35N3O10/c1-12(25)4-3-5-15(27)22-10-16(28)21-6-7-31-8-9-32-20-17(23-13(2)26)19(30)18(29)14(11-24)33-20/h14,17-20,24,29-30H,3-11H2,1-2H3,(H,21,28)(H,22,27)(H,23,26). The zero-order valence-electron chi connectivity index (χ0n) is 19.0. The van der Waals surface area contributed by atoms with Gasteiger partial charge in [0.1, 0.15) is 30.1 Å². The van der Waals surface area contributed by atoms with E-state index in [0.29, 0.717) is 12.8 Å². The minimum Gasteiger partial charge on any atom is -0.394 e. The Morgan fingerprint density at radius 3 is 2.30 bits per heavy atom. The molecule has 1 aliphatic rings. The van der Waals surface area contributed by atoms with Gasteiger partial charge in [-0.25, -0.2) is 0 Å². The lowest BCUT2D eigenvalue weighted by Gasteiger charge is -2.42. The Morgan fingerprint density at radius 1 is 0.939 bits per heavy atom. The summed E-state index contributed by atoms with van der Waals surface area (Å²) in [5, 5.41) is 36.9. The van der Waals surface area contributed by atoms with Crippen molar-refractivity contribution in [3.05, 3.63) is 0 Å². The van der Waals surface area contributed by atoms with E-state index in [2.05, 4.69) is 16.0 Å². The summed E-state index contributed by atoms with van der Waals surface area (Å²) in [6.45, 7) is 2.48. The molecule has 0 saturated carbocycles. The van der Waals surface area contributed by atoms with Crippen molar-refractivity contribution in [2.45, 2.75) is 63.8 Å². The van der Waals surface area contributed by atoms with Gasteiger partial charge in [0.15, 0.2) is 6.29 Å². The third kappa shape index (κ3) is 11.5. The normalized spacial score (nSPS) is 24.7. The number of Topliss-reactive ketones (excluding diaryl/α,β-unsaturated/α-hetero) is 1. The molecule has 0 aliphatic carbocycles. The Morgan fingerprint density at radius 2 is 1.67 bits per heavy atom. The van der Waals surface area contributed by atoms with E-state index in [4.69, 9.17) is 14.2 Å². The smallest absolute Gasteiger partial charge is 0.239 e. The van der Waals surface area contributed by atoms with E-state index in [1.165, 1.54) is 13.8 Å². The van der Waals surface area contributed by atoms with Gasteiger partial charge in [0, 0.05) is 26.3 Å². The quantitative estimate of drug-likeness (QED) is 0.132. The largest absolute Gasteiger partial charge is 0.394 e. The molecule has 1 saturated heterocycles. The lowest BCUT2D eigenvalue weighted by atomic mass is 9.97. The number of carbonyl (C=O) groups excluding carboxylic acids is 4. The highest BCUT2D eigenvalue weighted by Crippen LogP contribution is 2.22. The zero-order chi connectivity index (χ0) is 24.8. The van der Waals surface area contributed by atoms with Crippen molar-refractivity contribution in [2.75, 3.05) is 39.5 Å². The number of amides is 3. The highest BCUT2D eigenvalue weighted by molar-refractivity contribution is 5.85. The van der Waals surface area contributed by atoms with Crippen molar-refractivity contribution in [1.29, 1.82) is 0 Å². The van der Waals surface area contributed by atoms with Crippen LogP contribution in [0, 0.1) is 0 Å². The SMILES string of the molecule is CC(=O)CCCC(=O)NCC(=O)NCCOCCOC1OC(CO)C(O)C(O)C1NC(C)=O. The summed E-state index contributed by atoms with van der Waals surface area (Å²) in [7, 11) is 0. The van der Waals surface area contributed by atoms with E-state index in [9.17, 15) is 34.5 Å². The van der Waals surface area contributed by atoms with Crippen LogP contribution in [-0.4, -0.2) is 109 Å². The van der Waals surface area contributed by atoms with Gasteiger partial charge in [-0.2, -0.15) is 0 Å². The van der Waals surface area contributed by atoms with Crippen LogP contribution in [0.3, 0.4) is 0 Å². The van der Waals surface area contributed by atoms with Gasteiger partial charge in [-0.05, 0) is 13.3 Å². The lowest BCUT2D eigenvalue weighted by molar-refractivity contribution is -0.272. The molecule has 0 radical (unpaired) electrons. The van der Waals surface area contributed by atoms with Gasteiger partial charge in [0.05, 0.1) is 33.0 Å². The first kappa shape index (κ1) is 28.9. The van der Waals surface area contributed by atoms with Crippen molar-refractivity contribution in [2.24, 2.45) is 0 Å². The monoisotopic (exact) mass is 477 g/mol. The Labute approximate surface area is 192 Å². The summed E-state index contributed by atoms with van der Waals surface area (Å²) in [5.41, 5.74) is 0. The summed E-state index contributed by atoms with van der Waals surface area (Å²) >= 11 is 0. The topological polar surface area (TPSA) is 193 Å². The van der Waals surface area contributed by atoms with Crippen LogP contribution in [-0.2, 0) is 33.4 Å². The summed E-state index contributed by atoms with van der Waals surface area (Å²) < 4.78 is 16.2. The van der Waals surface area contributed by atoms with Gasteiger partial charge in [0.2, 0.25) is 17.7 Å². The number of aliphatic hydroxyl groups is 3. The fourth-order valence-electron chi connectivity index (χ4n) is 3.03. The first-order valence-electron chi connectivity index (χ1n) is 10.8. The molecule has 3 amide bonds. The van der Waals surface area contributed by atoms with Crippen LogP contribution in [0.1, 0.15) is 33.1 Å². The fraction of sp³-hybridized carbons (Fsp3) is 0.800. The molecule has 6 N–H and O–H groups in total. The van der Waals surface area contributed by atoms with Gasteiger partial charge >= 0.3 is 0 Å². The summed E-state index contributed by atoms with van der Waals surface area (Å²) in [5.74, 6) is -1.13. The van der Waals surface area contributed by atoms with Gasteiger partial charge in [-0.15, -0.1) is 0 Å². The van der Waals surface area contributed by atoms with Crippen LogP contribution < -0.4 is 16.0 Å². The average Bonchev–Trinajstić information content (AvgIpc) is 2.75. The van der Waals surface area contributed by atoms with E-state index in [1.807, 2.05) is 0 Å². The highest BCUT2D eigenvalue weighted by Gasteiger charge is 2.45. The maximum atomic E-state index is 11.7. The van der Waals surface area contributed by atoms with Gasteiger partial charge in [-0.3, -0.25) is 14.4 Å². The molecule has 13 nitrogen and oxygen atoms in total. The number of hydrogen-bond donors (Lipinski definition) is 6. The predicted octanol–water partition coefficient (Wildman–Crippen LogP) is -3.04. The second kappa shape index (κ2) is 15.6. The second-order valence-corrected chi connectivity index (χ2v) is 7.60. The van der Waals surface area contributed by atoms with E-state index in [0.717, 1.165) is 0 Å². The van der Waals surface area contributed by atoms with Crippen LogP contribution in [0.2, 0.25) is 0 Å². The van der Waals surface area contributed by atoms with Gasteiger partial charge < -0.3 is 50.3 Å². The average molecular weight is 478 g/mol. The second-order valence-electron chi connectivity index (χ2n) is 7.60. The molecule has 0 spiro atoms. The van der Waals surface area contributed by atoms with E-state index < -0.39 is 43.2 Å². The number of nitrogens with one attached hydrogen (secondary N) is 3. The molecule has 5 atom stereocenters. The van der Waals surface area contributed by atoms with Crippen LogP contribution in [0.15, 0.2) is 0 Å². The Bertz CT molecular complexity index is 648. The molecule has 5 unspecified atom stereocenters. The van der Waals surface area contributed by atoms with E-state index in [-0.39, 0.29) is 56.9 Å². The molecule has 0 aromatic heterocycles. The van der Waals surface area contributed by atoms with Crippen molar-refractivity contribution < 1.29 is 48.7 Å². The van der Waals surface area contributed by atoms with Crippen molar-refractivity contribution in [3.8, 4) is 0 Å². The van der Waals surface area contributed by atoms with Crippen LogP contribution in [0.5, 0.6) is 0 Å². The fourth-order valence-corrected chi connectivity index (χ4v) is 3.03. The summed E-state index contributed by atoms with van der Waals surface area (Å²) in [4.78, 5) is 45.4. The maximum Gasteiger partial charge on any atom is 0.239 e. The first-order valence-corrected chi connectivity index (χ1v) is 10.8. The highest BCUT2D eigenvalue weighted by atomic mass is 16.7. The minimum atomic E-state index is -1.39. The summed E-state index contributed by atoms with van der Waals surface area (Å²) in [6.07, 6.45) is -4.01. The van der Waals surface area contributed by atoms with Crippen molar-refractivity contribution >= 4 is 23.5 Å². The summed E-state index contributed by atoms with van der Waals surface area (Å²) in [6, 6.07) is -1.03. The number of hydrogen-bond acceptors (Lipinski definition) is 10. The van der Waals surface area contributed by atoms with Crippen LogP contribution >= 0.6 is 0 Å². The Balaban J connectivity index is 2.20. The van der Waals surface area contributed by atoms with Gasteiger partial charge in [0.25, 0.3) is 0 Å². The Hall–Kier alpha value is -2.16. The predicted molar refractivity (Wildman–Crippen MR) is 113 cm³/mol. The first-order chi connectivity index (χ1) is 15.6. The van der Waals surface area contributed by atoms with Crippen LogP contribution in [0.4, 0.5) is 0 Å². The molecule has 13 heteroatoms. The molecule has 1 fully saturated rings. The molecular formula is C20H35N3O10. The third-order valence-corrected chi connectivity index (χ3v) is 4.71. The van der Waals surface area contributed by atoms with E-state index >= 15 is 0 Å². The number of ether oxygens (including phenoxy) is 3. The molecule has 0 aromatic carbocycles. The third-order valence-electron chi connectivity index (χ3n) is 4.71. The molecule has 1 aliphatic heterocycles. The molecule has 1 heterocycles. The number of ketones is 1. The van der Waals surface area contributed by atoms with Crippen LogP contribution in [0.25, 0.3) is 0 Å². The number of carbonyl (C=O) groups is 4.